The van der Waals surface area contributed by atoms with Crippen molar-refractivity contribution in [3.8, 4) is 0 Å². The molecular formula is C9H11N3O2. The van der Waals surface area contributed by atoms with Gasteiger partial charge >= 0.3 is 0 Å². The summed E-state index contributed by atoms with van der Waals surface area (Å²) in [5.41, 5.74) is 7.53. The van der Waals surface area contributed by atoms with E-state index in [9.17, 15) is 0 Å². The van der Waals surface area contributed by atoms with Crippen LogP contribution in [0.3, 0.4) is 0 Å². The van der Waals surface area contributed by atoms with E-state index in [1.165, 1.54) is 0 Å². The van der Waals surface area contributed by atoms with Crippen molar-refractivity contribution in [2.75, 3.05) is 5.73 Å². The molecule has 5 nitrogen and oxygen atoms in total. The van der Waals surface area contributed by atoms with Crippen LogP contribution in [-0.4, -0.2) is 12.2 Å². The summed E-state index contributed by atoms with van der Waals surface area (Å²) in [5, 5.41) is 10.8. The standard InChI is InChI=1S/C7H9N.2CHNO/c1-6-4-2-3-5-7(6)8;2*2-1-3/h2-5H,8H2,1H3;2*2H. The second kappa shape index (κ2) is 10.8. The van der Waals surface area contributed by atoms with Crippen molar-refractivity contribution in [3.05, 3.63) is 29.8 Å². The van der Waals surface area contributed by atoms with Crippen LogP contribution >= 0.6 is 0 Å². The Morgan fingerprint density at radius 1 is 1.14 bits per heavy atom. The minimum absolute atomic E-state index is 0.750. The van der Waals surface area contributed by atoms with Gasteiger partial charge in [0.15, 0.2) is 0 Å². The minimum atomic E-state index is 0.750. The smallest absolute Gasteiger partial charge is 0.231 e. The lowest BCUT2D eigenvalue weighted by Crippen LogP contribution is -1.85. The highest BCUT2D eigenvalue weighted by Crippen LogP contribution is 2.06. The molecule has 0 heterocycles. The molecule has 0 bridgehead atoms. The molecule has 0 amide bonds. The van der Waals surface area contributed by atoms with E-state index in [1.807, 2.05) is 31.2 Å². The van der Waals surface area contributed by atoms with Gasteiger partial charge in [-0.25, -0.2) is 20.4 Å². The van der Waals surface area contributed by atoms with Crippen molar-refractivity contribution in [2.45, 2.75) is 6.92 Å². The highest BCUT2D eigenvalue weighted by Gasteiger charge is 1.84. The van der Waals surface area contributed by atoms with E-state index < -0.39 is 0 Å². The third-order valence-corrected chi connectivity index (χ3v) is 1.19. The van der Waals surface area contributed by atoms with Crippen LogP contribution in [-0.2, 0) is 9.59 Å². The van der Waals surface area contributed by atoms with Gasteiger partial charge in [0.05, 0.1) is 0 Å². The van der Waals surface area contributed by atoms with E-state index in [0.29, 0.717) is 0 Å². The molecule has 74 valence electrons. The normalized spacial score (nSPS) is 6.36. The van der Waals surface area contributed by atoms with E-state index in [1.54, 1.807) is 0 Å². The van der Waals surface area contributed by atoms with Crippen molar-refractivity contribution in [1.29, 1.82) is 10.8 Å². The van der Waals surface area contributed by atoms with Gasteiger partial charge in [-0.3, -0.25) is 0 Å². The van der Waals surface area contributed by atoms with E-state index in [-0.39, 0.29) is 0 Å². The van der Waals surface area contributed by atoms with Crippen molar-refractivity contribution >= 4 is 17.8 Å². The number of rotatable bonds is 0. The molecule has 0 unspecified atom stereocenters. The lowest BCUT2D eigenvalue weighted by Gasteiger charge is -1.93. The second-order valence-corrected chi connectivity index (χ2v) is 2.06. The number of aryl methyl sites for hydroxylation is 1. The molecule has 14 heavy (non-hydrogen) atoms. The second-order valence-electron chi connectivity index (χ2n) is 2.06. The van der Waals surface area contributed by atoms with Crippen LogP contribution in [0, 0.1) is 17.7 Å². The highest BCUT2D eigenvalue weighted by atomic mass is 16.1. The quantitative estimate of drug-likeness (QED) is 0.329. The summed E-state index contributed by atoms with van der Waals surface area (Å²) < 4.78 is 0. The van der Waals surface area contributed by atoms with Crippen molar-refractivity contribution in [1.82, 2.24) is 0 Å². The van der Waals surface area contributed by atoms with E-state index in [4.69, 9.17) is 26.1 Å². The summed E-state index contributed by atoms with van der Waals surface area (Å²) in [5.74, 6) is 0. The molecule has 5 heteroatoms. The molecule has 0 saturated heterocycles. The van der Waals surface area contributed by atoms with Crippen molar-refractivity contribution in [2.24, 2.45) is 0 Å². The number of nitrogens with two attached hydrogens (primary N) is 1. The Morgan fingerprint density at radius 3 is 1.71 bits per heavy atom. The van der Waals surface area contributed by atoms with Crippen LogP contribution in [0.25, 0.3) is 0 Å². The van der Waals surface area contributed by atoms with Crippen LogP contribution < -0.4 is 5.73 Å². The topological polar surface area (TPSA) is 108 Å². The zero-order chi connectivity index (χ0) is 11.4. The number of nitrogen functional groups attached to an aromatic ring is 1. The number of anilines is 1. The Morgan fingerprint density at radius 2 is 1.50 bits per heavy atom. The SMILES string of the molecule is Cc1ccccc1N.N=C=O.N=C=O. The van der Waals surface area contributed by atoms with E-state index >= 15 is 0 Å². The summed E-state index contributed by atoms with van der Waals surface area (Å²) in [4.78, 5) is 16.7. The van der Waals surface area contributed by atoms with Gasteiger partial charge in [-0.1, -0.05) is 18.2 Å². The van der Waals surface area contributed by atoms with E-state index in [0.717, 1.165) is 23.4 Å². The Kier molecular flexibility index (Phi) is 11.0. The Labute approximate surface area is 81.6 Å². The van der Waals surface area contributed by atoms with Crippen LogP contribution in [0.2, 0.25) is 0 Å². The van der Waals surface area contributed by atoms with Crippen LogP contribution in [0.5, 0.6) is 0 Å². The van der Waals surface area contributed by atoms with E-state index in [2.05, 4.69) is 0 Å². The number of hydrogen-bond donors (Lipinski definition) is 3. The molecule has 0 atom stereocenters. The van der Waals surface area contributed by atoms with Gasteiger partial charge in [-0.2, -0.15) is 0 Å². The molecule has 1 aromatic rings. The summed E-state index contributed by atoms with van der Waals surface area (Å²) in [6, 6.07) is 7.80. The van der Waals surface area contributed by atoms with Gasteiger partial charge in [0.2, 0.25) is 12.2 Å². The molecule has 0 aliphatic carbocycles. The largest absolute Gasteiger partial charge is 0.399 e. The minimum Gasteiger partial charge on any atom is -0.399 e. The Bertz CT molecular complexity index is 292. The first-order valence-corrected chi connectivity index (χ1v) is 3.52. The number of isocyanates is 2. The molecule has 1 rings (SSSR count). The highest BCUT2D eigenvalue weighted by molar-refractivity contribution is 5.44. The average molecular weight is 193 g/mol. The molecule has 4 N–H and O–H groups in total. The van der Waals surface area contributed by atoms with Gasteiger partial charge in [0, 0.05) is 5.69 Å². The maximum atomic E-state index is 8.35. The Hall–Kier alpha value is -2.22. The van der Waals surface area contributed by atoms with Crippen molar-refractivity contribution in [3.63, 3.8) is 0 Å². The molecule has 0 saturated carbocycles. The summed E-state index contributed by atoms with van der Waals surface area (Å²) in [7, 11) is 0. The fourth-order valence-electron chi connectivity index (χ4n) is 0.587. The number of nitrogens with one attached hydrogen (secondary N) is 2. The maximum Gasteiger partial charge on any atom is 0.231 e. The fraction of sp³-hybridized carbons (Fsp3) is 0.111. The van der Waals surface area contributed by atoms with Crippen LogP contribution in [0.1, 0.15) is 5.56 Å². The fourth-order valence-corrected chi connectivity index (χ4v) is 0.587. The molecule has 0 aromatic heterocycles. The zero-order valence-corrected chi connectivity index (χ0v) is 7.70. The van der Waals surface area contributed by atoms with Gasteiger partial charge in [0.1, 0.15) is 0 Å². The van der Waals surface area contributed by atoms with Crippen LogP contribution in [0.4, 0.5) is 5.69 Å². The first-order chi connectivity index (χ1) is 6.63. The number of hydrogen-bond acceptors (Lipinski definition) is 5. The average Bonchev–Trinajstić information content (AvgIpc) is 2.13. The van der Waals surface area contributed by atoms with Crippen molar-refractivity contribution < 1.29 is 9.59 Å². The molecule has 0 aliphatic rings. The first-order valence-electron chi connectivity index (χ1n) is 3.52. The predicted octanol–water partition coefficient (Wildman–Crippen LogP) is 1.38. The third kappa shape index (κ3) is 9.78. The summed E-state index contributed by atoms with van der Waals surface area (Å²) >= 11 is 0. The molecular weight excluding hydrogens is 182 g/mol. The van der Waals surface area contributed by atoms with Gasteiger partial charge in [-0.05, 0) is 18.6 Å². The molecule has 0 aliphatic heterocycles. The summed E-state index contributed by atoms with van der Waals surface area (Å²) in [6.45, 7) is 2.00. The molecule has 0 fully saturated rings. The Balaban J connectivity index is 0. The lowest BCUT2D eigenvalue weighted by molar-refractivity contribution is 0.562. The van der Waals surface area contributed by atoms with Gasteiger partial charge in [-0.15, -0.1) is 0 Å². The number of carbonyl (C=O) groups excluding carboxylic acids is 2. The molecule has 1 aromatic carbocycles. The zero-order valence-electron chi connectivity index (χ0n) is 7.70. The van der Waals surface area contributed by atoms with Gasteiger partial charge in [0.25, 0.3) is 0 Å². The summed E-state index contributed by atoms with van der Waals surface area (Å²) in [6.07, 6.45) is 1.50. The molecule has 0 spiro atoms. The number of benzene rings is 1. The number of para-hydroxylation sites is 1. The third-order valence-electron chi connectivity index (χ3n) is 1.19. The maximum absolute atomic E-state index is 8.35. The van der Waals surface area contributed by atoms with Gasteiger partial charge < -0.3 is 5.73 Å². The lowest BCUT2D eigenvalue weighted by atomic mass is 10.2. The van der Waals surface area contributed by atoms with Crippen LogP contribution in [0.15, 0.2) is 24.3 Å². The predicted molar refractivity (Wildman–Crippen MR) is 52.4 cm³/mol. The monoisotopic (exact) mass is 193 g/mol. The first kappa shape index (κ1) is 14.3. The molecule has 0 radical (unpaired) electrons.